The molecular formula is C48H67FN6O7S2. The molecule has 2 aromatic carbocycles. The Labute approximate surface area is 386 Å². The lowest BCUT2D eigenvalue weighted by molar-refractivity contribution is -0.145. The second-order valence-electron chi connectivity index (χ2n) is 19.6. The Morgan fingerprint density at radius 2 is 1.75 bits per heavy atom. The van der Waals surface area contributed by atoms with Crippen LogP contribution in [0, 0.1) is 18.3 Å². The minimum Gasteiger partial charge on any atom is -0.493 e. The van der Waals surface area contributed by atoms with E-state index in [2.05, 4.69) is 38.0 Å². The fourth-order valence-electron chi connectivity index (χ4n) is 8.13. The molecule has 0 spiro atoms. The van der Waals surface area contributed by atoms with Crippen molar-refractivity contribution in [3.63, 3.8) is 0 Å². The molecule has 4 amide bonds. The molecule has 6 rings (SSSR count). The monoisotopic (exact) mass is 922 g/mol. The number of likely N-dealkylation sites (tertiary alicyclic amines) is 2. The number of hydrogen-bond donors (Lipinski definition) is 4. The second kappa shape index (κ2) is 21.4. The number of piperidine rings is 1. The molecule has 1 aromatic heterocycles. The Morgan fingerprint density at radius 3 is 2.39 bits per heavy atom. The number of amides is 4. The molecule has 0 unspecified atom stereocenters. The average molecular weight is 923 g/mol. The third-order valence-corrected chi connectivity index (χ3v) is 14.2. The van der Waals surface area contributed by atoms with Gasteiger partial charge in [-0.1, -0.05) is 51.1 Å². The van der Waals surface area contributed by atoms with E-state index in [9.17, 15) is 28.7 Å². The SMILES string of the molecule is Cc1ncsc1-c1ccc(CNC(=O)[C@@H]2C[C@@H](O)CN2C(=O)[C@@H](NC(=O)C2(F)CC2)C(C)(C)C)c(OCCC2CCN(CC[C@H](CSc3ccccc3)NC(=O)OC(C)(C)C)CC2)c1. The summed E-state index contributed by atoms with van der Waals surface area (Å²) < 4.78 is 26.8. The van der Waals surface area contributed by atoms with Crippen LogP contribution in [0.4, 0.5) is 9.18 Å². The van der Waals surface area contributed by atoms with E-state index in [1.807, 2.05) is 69.6 Å². The maximum Gasteiger partial charge on any atom is 0.407 e. The topological polar surface area (TPSA) is 162 Å². The van der Waals surface area contributed by atoms with Gasteiger partial charge >= 0.3 is 6.09 Å². The molecule has 3 heterocycles. The highest BCUT2D eigenvalue weighted by molar-refractivity contribution is 7.99. The number of carbonyl (C=O) groups is 4. The first kappa shape index (κ1) is 49.2. The van der Waals surface area contributed by atoms with Crippen molar-refractivity contribution in [2.45, 2.75) is 140 Å². The quantitative estimate of drug-likeness (QED) is 0.0955. The molecule has 64 heavy (non-hydrogen) atoms. The molecule has 1 saturated carbocycles. The highest BCUT2D eigenvalue weighted by atomic mass is 32.2. The van der Waals surface area contributed by atoms with Gasteiger partial charge in [-0.2, -0.15) is 0 Å². The van der Waals surface area contributed by atoms with Crippen LogP contribution in [-0.2, 0) is 25.7 Å². The van der Waals surface area contributed by atoms with E-state index < -0.39 is 58.7 Å². The summed E-state index contributed by atoms with van der Waals surface area (Å²) in [5.41, 5.74) is 1.15. The number of alkyl carbamates (subject to hydrolysis) is 1. The van der Waals surface area contributed by atoms with Crippen LogP contribution in [0.5, 0.6) is 5.75 Å². The number of alkyl halides is 1. The zero-order valence-electron chi connectivity index (χ0n) is 38.4. The zero-order chi connectivity index (χ0) is 46.2. The molecule has 13 nitrogen and oxygen atoms in total. The van der Waals surface area contributed by atoms with Crippen LogP contribution in [-0.4, -0.2) is 118 Å². The van der Waals surface area contributed by atoms with E-state index in [-0.39, 0.29) is 38.4 Å². The molecule has 0 bridgehead atoms. The Kier molecular flexibility index (Phi) is 16.4. The van der Waals surface area contributed by atoms with Gasteiger partial charge in [0.15, 0.2) is 5.67 Å². The first-order valence-corrected chi connectivity index (χ1v) is 24.5. The number of carbonyl (C=O) groups excluding carboxylic acids is 4. The number of β-amino-alcohol motifs (C(OH)–C–C–N with tert-alkyl or cyclic N) is 1. The van der Waals surface area contributed by atoms with Gasteiger partial charge in [-0.3, -0.25) is 14.4 Å². The summed E-state index contributed by atoms with van der Waals surface area (Å²) in [6.07, 6.45) is 2.69. The number of thiazole rings is 1. The van der Waals surface area contributed by atoms with Gasteiger partial charge in [0.05, 0.1) is 28.8 Å². The average Bonchev–Trinajstić information content (AvgIpc) is 3.65. The molecule has 1 aliphatic carbocycles. The number of hydrogen-bond acceptors (Lipinski definition) is 11. The summed E-state index contributed by atoms with van der Waals surface area (Å²) >= 11 is 3.28. The molecule has 3 aliphatic rings. The second-order valence-corrected chi connectivity index (χ2v) is 21.6. The lowest BCUT2D eigenvalue weighted by atomic mass is 9.85. The van der Waals surface area contributed by atoms with Crippen LogP contribution in [0.15, 0.2) is 58.9 Å². The van der Waals surface area contributed by atoms with Crippen molar-refractivity contribution >= 4 is 46.9 Å². The van der Waals surface area contributed by atoms with Gasteiger partial charge in [-0.15, -0.1) is 23.1 Å². The number of aromatic nitrogens is 1. The van der Waals surface area contributed by atoms with Crippen LogP contribution in [0.1, 0.15) is 97.7 Å². The Morgan fingerprint density at radius 1 is 1.03 bits per heavy atom. The number of halogens is 1. The van der Waals surface area contributed by atoms with Crippen molar-refractivity contribution in [2.75, 3.05) is 38.5 Å². The van der Waals surface area contributed by atoms with Crippen molar-refractivity contribution in [3.8, 4) is 16.2 Å². The Bertz CT molecular complexity index is 2060. The van der Waals surface area contributed by atoms with Gasteiger partial charge in [0.25, 0.3) is 5.91 Å². The predicted molar refractivity (Wildman–Crippen MR) is 249 cm³/mol. The normalized spacial score (nSPS) is 20.0. The lowest BCUT2D eigenvalue weighted by Crippen LogP contribution is -2.59. The summed E-state index contributed by atoms with van der Waals surface area (Å²) in [4.78, 5) is 63.6. The number of nitrogens with zero attached hydrogens (tertiary/aromatic N) is 3. The minimum absolute atomic E-state index is 0.0398. The Balaban J connectivity index is 1.03. The van der Waals surface area contributed by atoms with Crippen molar-refractivity contribution in [2.24, 2.45) is 11.3 Å². The predicted octanol–water partition coefficient (Wildman–Crippen LogP) is 7.29. The number of nitrogens with one attached hydrogen (secondary N) is 3. The van der Waals surface area contributed by atoms with Crippen molar-refractivity contribution in [1.82, 2.24) is 30.7 Å². The minimum atomic E-state index is -1.96. The molecule has 4 atom stereocenters. The Hall–Kier alpha value is -4.25. The van der Waals surface area contributed by atoms with E-state index in [0.29, 0.717) is 18.3 Å². The van der Waals surface area contributed by atoms with E-state index in [0.717, 1.165) is 77.7 Å². The van der Waals surface area contributed by atoms with E-state index in [1.54, 1.807) is 43.9 Å². The summed E-state index contributed by atoms with van der Waals surface area (Å²) in [6, 6.07) is 14.0. The van der Waals surface area contributed by atoms with Gasteiger partial charge in [0, 0.05) is 48.3 Å². The summed E-state index contributed by atoms with van der Waals surface area (Å²) in [5, 5.41) is 19.4. The molecule has 4 N–H and O–H groups in total. The van der Waals surface area contributed by atoms with Crippen molar-refractivity contribution in [3.05, 3.63) is 65.3 Å². The fourth-order valence-corrected chi connectivity index (χ4v) is 9.93. The van der Waals surface area contributed by atoms with Gasteiger partial charge < -0.3 is 40.3 Å². The first-order chi connectivity index (χ1) is 30.3. The van der Waals surface area contributed by atoms with Crippen molar-refractivity contribution < 1.29 is 38.1 Å². The van der Waals surface area contributed by atoms with Crippen LogP contribution in [0.3, 0.4) is 0 Å². The molecule has 0 radical (unpaired) electrons. The van der Waals surface area contributed by atoms with Crippen LogP contribution in [0.25, 0.3) is 10.4 Å². The number of benzene rings is 2. The third-order valence-electron chi connectivity index (χ3n) is 12.1. The van der Waals surface area contributed by atoms with Gasteiger partial charge in [0.2, 0.25) is 11.8 Å². The summed E-state index contributed by atoms with van der Waals surface area (Å²) in [7, 11) is 0. The van der Waals surface area contributed by atoms with Crippen molar-refractivity contribution in [1.29, 1.82) is 0 Å². The molecule has 16 heteroatoms. The molecule has 350 valence electrons. The first-order valence-electron chi connectivity index (χ1n) is 22.6. The highest BCUT2D eigenvalue weighted by Crippen LogP contribution is 2.40. The summed E-state index contributed by atoms with van der Waals surface area (Å²) in [6.45, 7) is 16.2. The number of aryl methyl sites for hydroxylation is 1. The third kappa shape index (κ3) is 13.9. The molecular weight excluding hydrogens is 856 g/mol. The van der Waals surface area contributed by atoms with E-state index in [4.69, 9.17) is 9.47 Å². The van der Waals surface area contributed by atoms with Crippen LogP contribution < -0.4 is 20.7 Å². The number of rotatable bonds is 18. The van der Waals surface area contributed by atoms with Gasteiger partial charge in [0.1, 0.15) is 23.4 Å². The standard InChI is InChI=1S/C48H67FN6O7S2/c1-31-40(64-30-51-31)33-13-14-34(27-50-42(57)38-26-36(56)28-55(38)43(58)41(46(2,3)4)53-44(59)48(49)19-20-48)39(25-33)61-24-18-32-15-21-54(22-16-32)23-17-35(52-45(60)62-47(5,6)7)29-63-37-11-9-8-10-12-37/h8-14,25,30,32,35-36,38,41,56H,15-24,26-29H2,1-7H3,(H,50,57)(H,52,60)(H,53,59)/t35-,36-,38+,41-/m1/s1. The molecule has 3 fully saturated rings. The number of thioether (sulfide) groups is 1. The molecule has 2 saturated heterocycles. The van der Waals surface area contributed by atoms with E-state index >= 15 is 0 Å². The number of ether oxygens (including phenoxy) is 2. The maximum absolute atomic E-state index is 14.7. The fraction of sp³-hybridized carbons (Fsp3) is 0.604. The van der Waals surface area contributed by atoms with E-state index in [1.165, 1.54) is 4.90 Å². The maximum atomic E-state index is 14.7. The largest absolute Gasteiger partial charge is 0.493 e. The van der Waals surface area contributed by atoms with Gasteiger partial charge in [-0.05, 0) is 114 Å². The van der Waals surface area contributed by atoms with Crippen LogP contribution >= 0.6 is 23.1 Å². The number of aliphatic hydroxyl groups excluding tert-OH is 1. The van der Waals surface area contributed by atoms with Crippen LogP contribution in [0.2, 0.25) is 0 Å². The highest BCUT2D eigenvalue weighted by Gasteiger charge is 2.53. The zero-order valence-corrected chi connectivity index (χ0v) is 40.0. The van der Waals surface area contributed by atoms with Gasteiger partial charge in [-0.25, -0.2) is 14.2 Å². The summed E-state index contributed by atoms with van der Waals surface area (Å²) in [5.74, 6) is 0.0920. The lowest BCUT2D eigenvalue weighted by Gasteiger charge is -2.35. The smallest absolute Gasteiger partial charge is 0.407 e. The molecule has 2 aliphatic heterocycles. The number of aliphatic hydroxyl groups is 1. The molecule has 3 aromatic rings.